The van der Waals surface area contributed by atoms with E-state index in [4.69, 9.17) is 94.3 Å². The zero-order chi connectivity index (χ0) is 95.2. The van der Waals surface area contributed by atoms with Crippen LogP contribution in [0.1, 0.15) is 106 Å². The number of amides is 2. The minimum atomic E-state index is -5.19. The minimum absolute atomic E-state index is 0.0609. The number of fused-ring (bicyclic) bond motifs is 2. The Bertz CT molecular complexity index is 5430. The molecule has 131 heavy (non-hydrogen) atoms. The molecule has 13 rings (SSSR count). The molecule has 2 aromatic carbocycles. The molecule has 5 saturated heterocycles. The van der Waals surface area contributed by atoms with Crippen molar-refractivity contribution in [3.05, 3.63) is 168 Å². The molecule has 5 aliphatic rings. The summed E-state index contributed by atoms with van der Waals surface area (Å²) in [5.41, 5.74) is 23.2. The molecule has 0 spiro atoms. The summed E-state index contributed by atoms with van der Waals surface area (Å²) in [6.07, 6.45) is -10.3. The van der Waals surface area contributed by atoms with E-state index in [0.717, 1.165) is 9.13 Å². The van der Waals surface area contributed by atoms with E-state index >= 15 is 0 Å². The van der Waals surface area contributed by atoms with Crippen molar-refractivity contribution in [1.82, 2.24) is 68.8 Å². The third-order valence-electron chi connectivity index (χ3n) is 19.7. The number of anilines is 4. The molecule has 0 saturated carbocycles. The van der Waals surface area contributed by atoms with Crippen molar-refractivity contribution in [2.45, 2.75) is 187 Å². The Kier molecular flexibility index (Phi) is 37.1. The highest BCUT2D eigenvalue weighted by atomic mass is 31.2. The van der Waals surface area contributed by atoms with Crippen molar-refractivity contribution >= 4 is 95.5 Å². The molecule has 0 aliphatic carbocycles. The molecular weight excluding hydrogens is 1830 g/mol. The Morgan fingerprint density at radius 2 is 1.20 bits per heavy atom. The van der Waals surface area contributed by atoms with Crippen LogP contribution in [0.5, 0.6) is 0 Å². The van der Waals surface area contributed by atoms with Crippen LogP contribution in [0.2, 0.25) is 0 Å². The van der Waals surface area contributed by atoms with Gasteiger partial charge in [-0.3, -0.25) is 41.4 Å². The Balaban J connectivity index is 0.000000191. The zero-order valence-corrected chi connectivity index (χ0v) is 72.6. The molecule has 11 heterocycles. The molecule has 6 aromatic heterocycles. The van der Waals surface area contributed by atoms with E-state index in [9.17, 15) is 87.9 Å². The number of phosphoric ester groups is 2. The van der Waals surface area contributed by atoms with Crippen molar-refractivity contribution in [1.29, 1.82) is 5.26 Å². The monoisotopic (exact) mass is 1920 g/mol. The second kappa shape index (κ2) is 47.3. The first-order chi connectivity index (χ1) is 62.3. The molecule has 2 amide bonds. The number of carbonyl (C=O) groups is 3. The van der Waals surface area contributed by atoms with Crippen LogP contribution in [0.4, 0.5) is 23.3 Å². The summed E-state index contributed by atoms with van der Waals surface area (Å²) >= 11 is 0. The van der Waals surface area contributed by atoms with Gasteiger partial charge >= 0.3 is 49.4 Å². The van der Waals surface area contributed by atoms with Gasteiger partial charge < -0.3 is 122 Å². The van der Waals surface area contributed by atoms with Crippen molar-refractivity contribution in [3.63, 3.8) is 0 Å². The van der Waals surface area contributed by atoms with Gasteiger partial charge in [-0.25, -0.2) is 53.4 Å². The predicted molar refractivity (Wildman–Crippen MR) is 445 cm³/mol. The molecule has 0 bridgehead atoms. The number of aliphatic hydroxyl groups is 6. The third kappa shape index (κ3) is 27.9. The number of aliphatic hydroxyl groups excluding tert-OH is 6. The van der Waals surface area contributed by atoms with Gasteiger partial charge in [0, 0.05) is 42.8 Å². The number of phosphoric acid groups is 2. The standard InChI is InChI=1S/C23H32N8O15P2.C23H26N6O6.C14H16N2O3.C13H21N3O11P2/c24-12-3-4-30(23(34)29-12)22-18(45-13-2-1-5-40-13)17(11(44-22)7-41-47(35,36)37)46-48(38,39)42-6-10-15(32)16(33)21(43-10)31-9-28-14-19(25)26-8-27-20(14)31;1-2-3-9-15(31)28-16(13-7-5-4-6-8-13)23(33)35-19-14(10-30)34-22(18(19)32)29-12-27-17-20(24)25-11-26-21(17)29;1-2-3-9-12(17)16-13(14(18)19-10-15)11-7-5-4-6-8-11;1-2-3-9(17)26-11-10(27-28(19)20)7(6-24-29(21,22)23)25-12(11)16-5-4-8(14)15-13(16)18/h3-4,8-11,13,15-18,21-22,32-33H,1-2,5-7H2,(H,38,39)(H2,24,29,34)(H2,25,26,27)(H2,35,36,37);2,4-8,11-12,14,16,18-19,22,30,32H,1,3,9-10H2,(H,28,31)(H2,24,25,26);2,4-8,13-14,18H,1,3,9H2,(H,16,17);4-5,7,9-12,17,21-23H,2-3,6H2,1H3,(H-2,14,15,18,19,20)/p+2/t10-,11-,13?,15-,16-,17-,18-,21-,22-;14-,16+,18-,19-,22-;13-,14?;7-,9?,10-,11-,12-/m1101/s1. The maximum atomic E-state index is 13.4. The number of esters is 1. The fourth-order valence-corrected chi connectivity index (χ4v) is 15.8. The summed E-state index contributed by atoms with van der Waals surface area (Å²) in [4.78, 5) is 159. The summed E-state index contributed by atoms with van der Waals surface area (Å²) in [7, 11) is -18.1. The number of nitriles is 1. The van der Waals surface area contributed by atoms with Crippen LogP contribution >= 0.6 is 32.1 Å². The third-order valence-corrected chi connectivity index (χ3v) is 22.1. The van der Waals surface area contributed by atoms with E-state index in [1.165, 1.54) is 65.2 Å². The first-order valence-electron chi connectivity index (χ1n) is 39.5. The predicted octanol–water partition coefficient (Wildman–Crippen LogP) is -1.15. The van der Waals surface area contributed by atoms with Crippen LogP contribution in [0.3, 0.4) is 0 Å². The van der Waals surface area contributed by atoms with Crippen LogP contribution in [-0.2, 0) is 93.3 Å². The first-order valence-corrected chi connectivity index (χ1v) is 45.2. The fraction of sp³-hybridized carbons (Fsp3) is 0.479. The van der Waals surface area contributed by atoms with E-state index in [2.05, 4.69) is 77.4 Å². The summed E-state index contributed by atoms with van der Waals surface area (Å²) in [5, 5.41) is 75.8. The van der Waals surface area contributed by atoms with Gasteiger partial charge in [0.15, 0.2) is 78.7 Å². The van der Waals surface area contributed by atoms with E-state index < -0.39 is 205 Å². The summed E-state index contributed by atoms with van der Waals surface area (Å²) in [6, 6.07) is 18.1. The second-order valence-corrected chi connectivity index (χ2v) is 33.4. The number of nitrogen functional groups attached to an aromatic ring is 4. The molecule has 5 unspecified atom stereocenters. The highest BCUT2D eigenvalue weighted by Gasteiger charge is 2.57. The molecule has 712 valence electrons. The van der Waals surface area contributed by atoms with Crippen molar-refractivity contribution < 1.29 is 158 Å². The summed E-state index contributed by atoms with van der Waals surface area (Å²) in [5.74, 6) is -1.37. The Hall–Kier alpha value is -10.3. The average molecular weight is 1920 g/mol. The van der Waals surface area contributed by atoms with Crippen LogP contribution in [0, 0.1) is 11.5 Å². The number of ether oxygens (including phenoxy) is 9. The number of aromatic nitrogens is 12. The maximum absolute atomic E-state index is 13.4. The molecule has 5 fully saturated rings. The minimum Gasteiger partial charge on any atom is -0.455 e. The Morgan fingerprint density at radius 3 is 1.71 bits per heavy atom. The molecule has 23 N–H and O–H groups in total. The van der Waals surface area contributed by atoms with Crippen molar-refractivity contribution in [3.8, 4) is 6.26 Å². The number of imidazole rings is 2. The number of rotatable bonds is 38. The summed E-state index contributed by atoms with van der Waals surface area (Å²) in [6.45, 7) is 6.33. The number of hydrogen-bond acceptors (Lipinski definition) is 44. The van der Waals surface area contributed by atoms with Crippen LogP contribution in [0.25, 0.3) is 22.3 Å². The lowest BCUT2D eigenvalue weighted by Gasteiger charge is -2.28. The number of allylic oxidation sites excluding steroid dienone is 2. The van der Waals surface area contributed by atoms with E-state index in [0.29, 0.717) is 61.0 Å². The van der Waals surface area contributed by atoms with Gasteiger partial charge in [-0.2, -0.15) is 34.4 Å². The van der Waals surface area contributed by atoms with Gasteiger partial charge in [0.2, 0.25) is 18.1 Å². The van der Waals surface area contributed by atoms with Gasteiger partial charge in [-0.1, -0.05) is 86.2 Å². The van der Waals surface area contributed by atoms with Gasteiger partial charge in [-0.15, -0.1) is 22.6 Å². The highest BCUT2D eigenvalue weighted by molar-refractivity contribution is 7.53. The second-order valence-electron chi connectivity index (χ2n) is 28.8. The molecule has 5 aliphatic heterocycles. The molecular formula is C73H97N19O35P4+2. The molecule has 23 atom stereocenters. The molecule has 8 aromatic rings. The van der Waals surface area contributed by atoms with Crippen molar-refractivity contribution in [2.75, 3.05) is 56.0 Å². The number of benzene rings is 2. The number of nitrogens with two attached hydrogens (primary N) is 4. The van der Waals surface area contributed by atoms with Crippen LogP contribution in [0.15, 0.2) is 145 Å². The normalized spacial score (nSPS) is 25.6. The Labute approximate surface area is 742 Å². The zero-order valence-electron chi connectivity index (χ0n) is 69.0. The van der Waals surface area contributed by atoms with Gasteiger partial charge in [0.25, 0.3) is 6.26 Å². The topological polar surface area (TPSA) is 804 Å². The van der Waals surface area contributed by atoms with Crippen LogP contribution in [-0.4, -0.2) is 266 Å². The fourth-order valence-electron chi connectivity index (χ4n) is 13.7. The van der Waals surface area contributed by atoms with E-state index in [1.54, 1.807) is 73.7 Å². The number of nitrogens with one attached hydrogen (secondary N) is 2. The van der Waals surface area contributed by atoms with Gasteiger partial charge in [-0.05, 0) is 48.9 Å². The Morgan fingerprint density at radius 1 is 0.672 bits per heavy atom. The molecule has 54 nitrogen and oxygen atoms in total. The number of nitrogens with zero attached hydrogens (tertiary/aromatic N) is 13. The lowest BCUT2D eigenvalue weighted by atomic mass is 10.1. The average Bonchev–Trinajstić information content (AvgIpc) is 1.63. The largest absolute Gasteiger partial charge is 0.695 e. The molecule has 58 heteroatoms. The SMILES string of the molecule is C=CCCC(=O)N[C@@H](c1ccccc1)C(O)OC#N.C=CCCC(=O)N[C@H](C(=O)O[C@H]1[C@@H](O)[C@H](n2cnc3c(N)ncnc32)O[C@@H]1CO)c1ccccc1.CCCC(O)O[C@@H]1[C@H](O[P+](=O)O)[C@@H](CO[P+](O)(O)O)O[C@H]1n1ccc(N)nc1=O.Nc1ccn([C@@H]2O[C@H](COP(=O)(O)O)[C@@H](OP(=O)(O)OC[C@H]3O[C@@H](n4cnc5c(N)ncnc54)[C@H](O)[C@@H]3O)[C@H]2OC2CCCO2)c(=O)n1. The van der Waals surface area contributed by atoms with E-state index in [1.807, 2.05) is 6.07 Å². The smallest absolute Gasteiger partial charge is 0.455 e. The lowest BCUT2D eigenvalue weighted by Crippen LogP contribution is -2.42. The number of carbonyl (C=O) groups excluding carboxylic acids is 3. The van der Waals surface area contributed by atoms with Crippen molar-refractivity contribution in [2.24, 2.45) is 0 Å². The molecule has 0 radical (unpaired) electrons. The highest BCUT2D eigenvalue weighted by Crippen LogP contribution is 2.52. The van der Waals surface area contributed by atoms with E-state index in [-0.39, 0.29) is 65.5 Å². The summed E-state index contributed by atoms with van der Waals surface area (Å²) < 4.78 is 116. The van der Waals surface area contributed by atoms with Gasteiger partial charge in [0.1, 0.15) is 109 Å². The quantitative estimate of drug-likeness (QED) is 0.00714. The lowest BCUT2D eigenvalue weighted by molar-refractivity contribution is -0.181. The van der Waals surface area contributed by atoms with Crippen LogP contribution < -0.4 is 44.9 Å². The maximum Gasteiger partial charge on any atom is 0.695 e. The van der Waals surface area contributed by atoms with Gasteiger partial charge in [0.05, 0.1) is 32.5 Å². The number of hydrogen-bond donors (Lipinski definition) is 19. The first kappa shape index (κ1) is 103.